The number of nitrogens with zero attached hydrogens (tertiary/aromatic N) is 3. The summed E-state index contributed by atoms with van der Waals surface area (Å²) < 4.78 is 2.01. The van der Waals surface area contributed by atoms with E-state index in [2.05, 4.69) is 15.4 Å². The fourth-order valence-corrected chi connectivity index (χ4v) is 2.44. The van der Waals surface area contributed by atoms with E-state index in [4.69, 9.17) is 0 Å². The van der Waals surface area contributed by atoms with Gasteiger partial charge < -0.3 is 5.32 Å². The molecule has 0 aromatic carbocycles. The predicted molar refractivity (Wildman–Crippen MR) is 64.4 cm³/mol. The number of rotatable bonds is 5. The van der Waals surface area contributed by atoms with E-state index in [-0.39, 0.29) is 0 Å². The Morgan fingerprint density at radius 1 is 1.31 bits per heavy atom. The van der Waals surface area contributed by atoms with Crippen molar-refractivity contribution in [2.24, 2.45) is 0 Å². The lowest BCUT2D eigenvalue weighted by Gasteiger charge is -2.11. The highest BCUT2D eigenvalue weighted by Gasteiger charge is 2.13. The van der Waals surface area contributed by atoms with Gasteiger partial charge in [-0.2, -0.15) is 5.10 Å². The van der Waals surface area contributed by atoms with Crippen LogP contribution >= 0.6 is 0 Å². The molecule has 0 radical (unpaired) electrons. The third-order valence-corrected chi connectivity index (χ3v) is 3.30. The van der Waals surface area contributed by atoms with E-state index in [0.29, 0.717) is 0 Å². The van der Waals surface area contributed by atoms with E-state index in [1.54, 1.807) is 0 Å². The maximum atomic E-state index is 4.36. The monoisotopic (exact) mass is 222 g/mol. The molecule has 0 saturated heterocycles. The van der Waals surface area contributed by atoms with Crippen molar-refractivity contribution in [2.75, 3.05) is 6.54 Å². The largest absolute Gasteiger partial charge is 0.314 e. The molecule has 0 aliphatic heterocycles. The lowest BCUT2D eigenvalue weighted by Crippen LogP contribution is -2.27. The van der Waals surface area contributed by atoms with Crippen molar-refractivity contribution in [1.29, 1.82) is 0 Å². The minimum absolute atomic E-state index is 0.776. The SMILES string of the molecule is Cc1nc(C)n(CCCNC2CCCC2)n1. The molecular weight excluding hydrogens is 200 g/mol. The molecule has 90 valence electrons. The molecule has 1 aromatic rings. The second-order valence-electron chi connectivity index (χ2n) is 4.72. The first kappa shape index (κ1) is 11.6. The summed E-state index contributed by atoms with van der Waals surface area (Å²) in [5.74, 6) is 1.90. The molecule has 1 fully saturated rings. The number of hydrogen-bond donors (Lipinski definition) is 1. The van der Waals surface area contributed by atoms with Gasteiger partial charge in [-0.05, 0) is 39.7 Å². The summed E-state index contributed by atoms with van der Waals surface area (Å²) in [4.78, 5) is 4.30. The highest BCUT2D eigenvalue weighted by atomic mass is 15.3. The van der Waals surface area contributed by atoms with E-state index in [1.807, 2.05) is 18.5 Å². The Bertz CT molecular complexity index is 326. The first-order valence-corrected chi connectivity index (χ1v) is 6.37. The van der Waals surface area contributed by atoms with Crippen molar-refractivity contribution in [1.82, 2.24) is 20.1 Å². The number of hydrogen-bond acceptors (Lipinski definition) is 3. The van der Waals surface area contributed by atoms with Gasteiger partial charge in [0.1, 0.15) is 11.6 Å². The molecule has 0 spiro atoms. The van der Waals surface area contributed by atoms with E-state index >= 15 is 0 Å². The average Bonchev–Trinajstić information content (AvgIpc) is 2.84. The number of nitrogens with one attached hydrogen (secondary N) is 1. The molecule has 0 bridgehead atoms. The van der Waals surface area contributed by atoms with Crippen LogP contribution < -0.4 is 5.32 Å². The lowest BCUT2D eigenvalue weighted by molar-refractivity contribution is 0.478. The highest BCUT2D eigenvalue weighted by molar-refractivity contribution is 4.87. The molecule has 2 rings (SSSR count). The van der Waals surface area contributed by atoms with Gasteiger partial charge in [0.15, 0.2) is 0 Å². The Balaban J connectivity index is 1.65. The molecule has 1 aromatic heterocycles. The summed E-state index contributed by atoms with van der Waals surface area (Å²) in [5, 5.41) is 7.97. The molecule has 0 unspecified atom stereocenters. The Hall–Kier alpha value is -0.900. The topological polar surface area (TPSA) is 42.7 Å². The lowest BCUT2D eigenvalue weighted by atomic mass is 10.2. The molecule has 4 nitrogen and oxygen atoms in total. The van der Waals surface area contributed by atoms with Gasteiger partial charge in [-0.25, -0.2) is 4.98 Å². The molecule has 1 aliphatic rings. The van der Waals surface area contributed by atoms with Crippen LogP contribution in [0.2, 0.25) is 0 Å². The van der Waals surface area contributed by atoms with Gasteiger partial charge in [0, 0.05) is 12.6 Å². The number of aromatic nitrogens is 3. The van der Waals surface area contributed by atoms with Crippen molar-refractivity contribution in [3.8, 4) is 0 Å². The van der Waals surface area contributed by atoms with Gasteiger partial charge in [0.25, 0.3) is 0 Å². The molecule has 1 N–H and O–H groups in total. The van der Waals surface area contributed by atoms with Crippen molar-refractivity contribution in [3.63, 3.8) is 0 Å². The van der Waals surface area contributed by atoms with Crippen LogP contribution in [-0.4, -0.2) is 27.4 Å². The Morgan fingerprint density at radius 2 is 2.06 bits per heavy atom. The Labute approximate surface area is 97.5 Å². The fourth-order valence-electron chi connectivity index (χ4n) is 2.44. The van der Waals surface area contributed by atoms with Crippen LogP contribution in [0.5, 0.6) is 0 Å². The van der Waals surface area contributed by atoms with E-state index in [9.17, 15) is 0 Å². The molecule has 1 saturated carbocycles. The Kier molecular flexibility index (Phi) is 3.93. The van der Waals surface area contributed by atoms with Crippen LogP contribution in [0.25, 0.3) is 0 Å². The van der Waals surface area contributed by atoms with E-state index < -0.39 is 0 Å². The maximum absolute atomic E-state index is 4.36. The van der Waals surface area contributed by atoms with E-state index in [1.165, 1.54) is 25.7 Å². The zero-order valence-corrected chi connectivity index (χ0v) is 10.4. The summed E-state index contributed by atoms with van der Waals surface area (Å²) in [6, 6.07) is 0.776. The molecule has 0 amide bonds. The van der Waals surface area contributed by atoms with Gasteiger partial charge in [0.05, 0.1) is 0 Å². The van der Waals surface area contributed by atoms with Gasteiger partial charge in [0.2, 0.25) is 0 Å². The smallest absolute Gasteiger partial charge is 0.147 e. The first-order valence-electron chi connectivity index (χ1n) is 6.37. The van der Waals surface area contributed by atoms with Crippen molar-refractivity contribution >= 4 is 0 Å². The quantitative estimate of drug-likeness (QED) is 0.773. The van der Waals surface area contributed by atoms with Crippen LogP contribution in [0, 0.1) is 13.8 Å². The Morgan fingerprint density at radius 3 is 2.69 bits per heavy atom. The number of aryl methyl sites for hydroxylation is 3. The molecule has 1 heterocycles. The summed E-state index contributed by atoms with van der Waals surface area (Å²) in [6.45, 7) is 6.04. The van der Waals surface area contributed by atoms with Crippen LogP contribution in [0.1, 0.15) is 43.8 Å². The zero-order chi connectivity index (χ0) is 11.4. The van der Waals surface area contributed by atoms with Crippen LogP contribution in [0.4, 0.5) is 0 Å². The summed E-state index contributed by atoms with van der Waals surface area (Å²) in [6.07, 6.45) is 6.67. The summed E-state index contributed by atoms with van der Waals surface area (Å²) >= 11 is 0. The summed E-state index contributed by atoms with van der Waals surface area (Å²) in [5.41, 5.74) is 0. The van der Waals surface area contributed by atoms with E-state index in [0.717, 1.165) is 37.2 Å². The summed E-state index contributed by atoms with van der Waals surface area (Å²) in [7, 11) is 0. The van der Waals surface area contributed by atoms with Crippen LogP contribution in [-0.2, 0) is 6.54 Å². The molecular formula is C12H22N4. The second-order valence-corrected chi connectivity index (χ2v) is 4.72. The van der Waals surface area contributed by atoms with Gasteiger partial charge >= 0.3 is 0 Å². The van der Waals surface area contributed by atoms with Gasteiger partial charge in [-0.1, -0.05) is 12.8 Å². The van der Waals surface area contributed by atoms with Crippen molar-refractivity contribution in [3.05, 3.63) is 11.6 Å². The minimum Gasteiger partial charge on any atom is -0.314 e. The van der Waals surface area contributed by atoms with Crippen molar-refractivity contribution in [2.45, 2.75) is 58.5 Å². The normalized spacial score (nSPS) is 17.1. The predicted octanol–water partition coefficient (Wildman–Crippen LogP) is 1.82. The fraction of sp³-hybridized carbons (Fsp3) is 0.833. The highest BCUT2D eigenvalue weighted by Crippen LogP contribution is 2.17. The third kappa shape index (κ3) is 3.04. The molecule has 0 atom stereocenters. The standard InChI is InChI=1S/C12H22N4/c1-10-14-11(2)16(15-10)9-5-8-13-12-6-3-4-7-12/h12-13H,3-9H2,1-2H3. The molecule has 1 aliphatic carbocycles. The second kappa shape index (κ2) is 5.43. The third-order valence-electron chi connectivity index (χ3n) is 3.30. The van der Waals surface area contributed by atoms with Crippen LogP contribution in [0.3, 0.4) is 0 Å². The van der Waals surface area contributed by atoms with Crippen molar-refractivity contribution < 1.29 is 0 Å². The van der Waals surface area contributed by atoms with Gasteiger partial charge in [-0.3, -0.25) is 4.68 Å². The first-order chi connectivity index (χ1) is 7.75. The average molecular weight is 222 g/mol. The maximum Gasteiger partial charge on any atom is 0.147 e. The van der Waals surface area contributed by atoms with Crippen LogP contribution in [0.15, 0.2) is 0 Å². The minimum atomic E-state index is 0.776. The molecule has 4 heteroatoms. The zero-order valence-electron chi connectivity index (χ0n) is 10.4. The molecule has 16 heavy (non-hydrogen) atoms. The van der Waals surface area contributed by atoms with Gasteiger partial charge in [-0.15, -0.1) is 0 Å².